The lowest BCUT2D eigenvalue weighted by Gasteiger charge is -2.07. The van der Waals surface area contributed by atoms with Gasteiger partial charge in [0.25, 0.3) is 0 Å². The first kappa shape index (κ1) is 18.7. The summed E-state index contributed by atoms with van der Waals surface area (Å²) in [6, 6.07) is 5.99. The molecule has 0 unspecified atom stereocenters. The Morgan fingerprint density at radius 2 is 2.08 bits per heavy atom. The molecular weight excluding hydrogens is 347 g/mol. The third-order valence-corrected chi connectivity index (χ3v) is 4.60. The highest BCUT2D eigenvalue weighted by molar-refractivity contribution is 8.14. The maximum atomic E-state index is 13.3. The van der Waals surface area contributed by atoms with Crippen molar-refractivity contribution in [1.29, 1.82) is 0 Å². The van der Waals surface area contributed by atoms with Crippen LogP contribution in [0.5, 0.6) is 5.75 Å². The predicted molar refractivity (Wildman–Crippen MR) is 98.6 cm³/mol. The van der Waals surface area contributed by atoms with E-state index in [0.29, 0.717) is 23.3 Å². The van der Waals surface area contributed by atoms with Crippen LogP contribution >= 0.6 is 24.0 Å². The molecule has 0 aliphatic heterocycles. The molecule has 0 aliphatic rings. The molecule has 1 heterocycles. The van der Waals surface area contributed by atoms with Crippen LogP contribution in [0.3, 0.4) is 0 Å². The third-order valence-electron chi connectivity index (χ3n) is 3.37. The smallest absolute Gasteiger partial charge is 0.232 e. The van der Waals surface area contributed by atoms with E-state index >= 15 is 0 Å². The minimum atomic E-state index is -0.325. The monoisotopic (exact) mass is 366 g/mol. The van der Waals surface area contributed by atoms with Crippen LogP contribution in [0, 0.1) is 10.5 Å². The van der Waals surface area contributed by atoms with Gasteiger partial charge in [-0.15, -0.1) is 0 Å². The molecule has 0 N–H and O–H groups in total. The fourth-order valence-electron chi connectivity index (χ4n) is 2.15. The maximum Gasteiger partial charge on any atom is 0.232 e. The van der Waals surface area contributed by atoms with Crippen LogP contribution in [0.25, 0.3) is 11.0 Å². The fraction of sp³-hybridized carbons (Fsp3) is 0.333. The van der Waals surface area contributed by atoms with Gasteiger partial charge in [0, 0.05) is 11.1 Å². The number of unbranched alkanes of at least 4 members (excludes halogenated alkanes) is 3. The normalized spacial score (nSPS) is 10.7. The Balaban J connectivity index is 1.73. The number of ether oxygens (including phenoxy) is 1. The second-order valence-electron chi connectivity index (χ2n) is 5.21. The van der Waals surface area contributed by atoms with Gasteiger partial charge >= 0.3 is 0 Å². The van der Waals surface area contributed by atoms with Gasteiger partial charge in [-0.05, 0) is 55.4 Å². The molecule has 1 aromatic carbocycles. The van der Waals surface area contributed by atoms with Crippen molar-refractivity contribution in [2.45, 2.75) is 25.7 Å². The molecule has 1 aromatic heterocycles. The van der Waals surface area contributed by atoms with Gasteiger partial charge in [0.1, 0.15) is 11.4 Å². The van der Waals surface area contributed by atoms with Gasteiger partial charge in [-0.3, -0.25) is 4.79 Å². The van der Waals surface area contributed by atoms with Crippen molar-refractivity contribution < 1.29 is 18.3 Å². The molecule has 6 heteroatoms. The first-order chi connectivity index (χ1) is 11.6. The molecule has 0 saturated carbocycles. The largest absolute Gasteiger partial charge is 0.489 e. The number of hydrogen-bond donors (Lipinski definition) is 0. The van der Waals surface area contributed by atoms with Gasteiger partial charge in [-0.2, -0.15) is 0 Å². The summed E-state index contributed by atoms with van der Waals surface area (Å²) in [5.41, 5.74) is 0.542. The van der Waals surface area contributed by atoms with Gasteiger partial charge in [-0.1, -0.05) is 31.2 Å². The SMILES string of the molecule is C=CC(=O)SCCCCCCOc1cc2cc(F)ccc2oc1=S. The molecule has 0 radical (unpaired) electrons. The van der Waals surface area contributed by atoms with E-state index in [1.54, 1.807) is 12.1 Å². The van der Waals surface area contributed by atoms with Crippen LogP contribution in [-0.4, -0.2) is 17.5 Å². The molecule has 0 spiro atoms. The van der Waals surface area contributed by atoms with Crippen molar-refractivity contribution in [2.75, 3.05) is 12.4 Å². The zero-order chi connectivity index (χ0) is 17.4. The average molecular weight is 366 g/mol. The number of thioether (sulfide) groups is 1. The lowest BCUT2D eigenvalue weighted by molar-refractivity contribution is -0.107. The molecule has 128 valence electrons. The first-order valence-electron chi connectivity index (χ1n) is 7.75. The van der Waals surface area contributed by atoms with E-state index in [4.69, 9.17) is 21.4 Å². The Morgan fingerprint density at radius 3 is 2.88 bits per heavy atom. The number of benzene rings is 1. The van der Waals surface area contributed by atoms with Gasteiger partial charge in [0.2, 0.25) is 9.82 Å². The second-order valence-corrected chi connectivity index (χ2v) is 6.68. The zero-order valence-electron chi connectivity index (χ0n) is 13.3. The van der Waals surface area contributed by atoms with Gasteiger partial charge in [-0.25, -0.2) is 4.39 Å². The van der Waals surface area contributed by atoms with Crippen LogP contribution in [0.4, 0.5) is 4.39 Å². The lowest BCUT2D eigenvalue weighted by Crippen LogP contribution is -1.98. The Labute approximate surface area is 149 Å². The minimum Gasteiger partial charge on any atom is -0.489 e. The van der Waals surface area contributed by atoms with E-state index < -0.39 is 0 Å². The molecule has 2 rings (SSSR count). The number of fused-ring (bicyclic) bond motifs is 1. The molecule has 0 amide bonds. The number of carbonyl (C=O) groups is 1. The summed E-state index contributed by atoms with van der Waals surface area (Å²) >= 11 is 6.45. The first-order valence-corrected chi connectivity index (χ1v) is 9.15. The second kappa shape index (κ2) is 9.59. The third kappa shape index (κ3) is 5.76. The Hall–Kier alpha value is -1.66. The molecule has 0 bridgehead atoms. The van der Waals surface area contributed by atoms with Gasteiger partial charge in [0.05, 0.1) is 6.61 Å². The maximum absolute atomic E-state index is 13.3. The van der Waals surface area contributed by atoms with E-state index in [1.165, 1.54) is 30.0 Å². The fourth-order valence-corrected chi connectivity index (χ4v) is 3.02. The molecule has 24 heavy (non-hydrogen) atoms. The van der Waals surface area contributed by atoms with Crippen molar-refractivity contribution in [1.82, 2.24) is 0 Å². The summed E-state index contributed by atoms with van der Waals surface area (Å²) in [4.78, 5) is 11.0. The lowest BCUT2D eigenvalue weighted by atomic mass is 10.2. The number of carbonyl (C=O) groups excluding carboxylic acids is 1. The van der Waals surface area contributed by atoms with Crippen LogP contribution in [0.2, 0.25) is 0 Å². The van der Waals surface area contributed by atoms with E-state index in [1.807, 2.05) is 0 Å². The number of halogens is 1. The van der Waals surface area contributed by atoms with Gasteiger partial charge in [0.15, 0.2) is 5.75 Å². The van der Waals surface area contributed by atoms with Crippen molar-refractivity contribution >= 4 is 40.1 Å². The van der Waals surface area contributed by atoms with E-state index in [-0.39, 0.29) is 15.6 Å². The highest BCUT2D eigenvalue weighted by Crippen LogP contribution is 2.24. The molecule has 0 saturated heterocycles. The summed E-state index contributed by atoms with van der Waals surface area (Å²) in [7, 11) is 0. The summed E-state index contributed by atoms with van der Waals surface area (Å²) in [5.74, 6) is 0.959. The van der Waals surface area contributed by atoms with E-state index in [2.05, 4.69) is 6.58 Å². The molecule has 0 fully saturated rings. The molecule has 0 aliphatic carbocycles. The van der Waals surface area contributed by atoms with Gasteiger partial charge < -0.3 is 9.15 Å². The topological polar surface area (TPSA) is 39.4 Å². The zero-order valence-corrected chi connectivity index (χ0v) is 14.9. The van der Waals surface area contributed by atoms with Crippen LogP contribution in [-0.2, 0) is 4.79 Å². The summed E-state index contributed by atoms with van der Waals surface area (Å²) in [6.45, 7) is 3.96. The van der Waals surface area contributed by atoms with Crippen molar-refractivity contribution in [3.63, 3.8) is 0 Å². The molecule has 3 nitrogen and oxygen atoms in total. The summed E-state index contributed by atoms with van der Waals surface area (Å²) < 4.78 is 24.7. The van der Waals surface area contributed by atoms with Crippen LogP contribution < -0.4 is 4.74 Å². The predicted octanol–water partition coefficient (Wildman–Crippen LogP) is 5.69. The number of rotatable bonds is 9. The van der Waals surface area contributed by atoms with E-state index in [9.17, 15) is 9.18 Å². The standard InChI is InChI=1S/C18H19FO3S2/c1-2-17(20)24-10-6-4-3-5-9-21-16-12-13-11-14(19)7-8-15(13)22-18(16)23/h2,7-8,11-12H,1,3-6,9-10H2. The highest BCUT2D eigenvalue weighted by Gasteiger charge is 2.05. The quantitative estimate of drug-likeness (QED) is 0.324. The Bertz CT molecular complexity index is 770. The molecule has 0 atom stereocenters. The minimum absolute atomic E-state index is 0.0211. The Kier molecular flexibility index (Phi) is 7.46. The summed E-state index contributed by atoms with van der Waals surface area (Å²) in [6.07, 6.45) is 5.26. The van der Waals surface area contributed by atoms with Crippen LogP contribution in [0.1, 0.15) is 25.7 Å². The van der Waals surface area contributed by atoms with E-state index in [0.717, 1.165) is 31.4 Å². The van der Waals surface area contributed by atoms with Crippen molar-refractivity contribution in [3.05, 3.63) is 47.4 Å². The van der Waals surface area contributed by atoms with Crippen molar-refractivity contribution in [3.8, 4) is 5.75 Å². The number of hydrogen-bond acceptors (Lipinski definition) is 5. The van der Waals surface area contributed by atoms with Crippen molar-refractivity contribution in [2.24, 2.45) is 0 Å². The molecular formula is C18H19FO3S2. The average Bonchev–Trinajstić information content (AvgIpc) is 2.57. The molecule has 2 aromatic rings. The summed E-state index contributed by atoms with van der Waals surface area (Å²) in [5, 5.41) is 0.648. The highest BCUT2D eigenvalue weighted by atomic mass is 32.2. The van der Waals surface area contributed by atoms with Crippen LogP contribution in [0.15, 0.2) is 41.3 Å². The Morgan fingerprint density at radius 1 is 1.29 bits per heavy atom.